The van der Waals surface area contributed by atoms with E-state index >= 15 is 0 Å². The molecule has 0 bridgehead atoms. The number of hydrogen-bond acceptors (Lipinski definition) is 3. The van der Waals surface area contributed by atoms with Crippen LogP contribution >= 0.6 is 27.3 Å². The molecule has 2 rings (SSSR count). The van der Waals surface area contributed by atoms with E-state index in [4.69, 9.17) is 4.74 Å². The van der Waals surface area contributed by atoms with Crippen LogP contribution in [-0.4, -0.2) is 30.2 Å². The molecule has 1 aliphatic heterocycles. The first-order valence-electron chi connectivity index (χ1n) is 4.84. The zero-order chi connectivity index (χ0) is 10.8. The van der Waals surface area contributed by atoms with Crippen molar-refractivity contribution in [1.29, 1.82) is 0 Å². The SMILES string of the molecule is C[C@@H]1COC(=O)N1CCc1ccc(Br)s1. The summed E-state index contributed by atoms with van der Waals surface area (Å²) in [6.07, 6.45) is 0.716. The van der Waals surface area contributed by atoms with Gasteiger partial charge in [-0.15, -0.1) is 11.3 Å². The highest BCUT2D eigenvalue weighted by Crippen LogP contribution is 2.23. The Kier molecular flexibility index (Phi) is 3.31. The molecular formula is C10H12BrNO2S. The van der Waals surface area contributed by atoms with Gasteiger partial charge < -0.3 is 9.64 Å². The summed E-state index contributed by atoms with van der Waals surface area (Å²) in [4.78, 5) is 14.4. The smallest absolute Gasteiger partial charge is 0.410 e. The fourth-order valence-corrected chi connectivity index (χ4v) is 3.05. The summed E-state index contributed by atoms with van der Waals surface area (Å²) in [6, 6.07) is 4.33. The van der Waals surface area contributed by atoms with Crippen molar-refractivity contribution in [3.05, 3.63) is 20.8 Å². The molecule has 2 heterocycles. The number of cyclic esters (lactones) is 1. The average Bonchev–Trinajstić information content (AvgIpc) is 2.73. The molecule has 0 aromatic carbocycles. The van der Waals surface area contributed by atoms with E-state index in [0.29, 0.717) is 6.61 Å². The van der Waals surface area contributed by atoms with Crippen molar-refractivity contribution in [2.75, 3.05) is 13.2 Å². The average molecular weight is 290 g/mol. The first-order chi connectivity index (χ1) is 7.16. The third kappa shape index (κ3) is 2.52. The molecule has 5 heteroatoms. The highest BCUT2D eigenvalue weighted by Gasteiger charge is 2.28. The molecule has 15 heavy (non-hydrogen) atoms. The number of carbonyl (C=O) groups is 1. The minimum absolute atomic E-state index is 0.182. The molecule has 0 N–H and O–H groups in total. The summed E-state index contributed by atoms with van der Waals surface area (Å²) in [7, 11) is 0. The van der Waals surface area contributed by atoms with Crippen LogP contribution in [-0.2, 0) is 11.2 Å². The van der Waals surface area contributed by atoms with Gasteiger partial charge in [0.25, 0.3) is 0 Å². The topological polar surface area (TPSA) is 29.5 Å². The molecule has 0 spiro atoms. The molecule has 0 aliphatic carbocycles. The Hall–Kier alpha value is -0.550. The van der Waals surface area contributed by atoms with Gasteiger partial charge in [-0.25, -0.2) is 4.79 Å². The van der Waals surface area contributed by atoms with Crippen LogP contribution < -0.4 is 0 Å². The number of thiophene rings is 1. The van der Waals surface area contributed by atoms with Crippen LogP contribution in [0.3, 0.4) is 0 Å². The van der Waals surface area contributed by atoms with Crippen LogP contribution in [0.4, 0.5) is 4.79 Å². The zero-order valence-electron chi connectivity index (χ0n) is 8.40. The number of hydrogen-bond donors (Lipinski definition) is 0. The minimum atomic E-state index is -0.182. The van der Waals surface area contributed by atoms with Crippen molar-refractivity contribution in [2.24, 2.45) is 0 Å². The highest BCUT2D eigenvalue weighted by molar-refractivity contribution is 9.11. The van der Waals surface area contributed by atoms with Gasteiger partial charge in [-0.2, -0.15) is 0 Å². The lowest BCUT2D eigenvalue weighted by atomic mass is 10.3. The highest BCUT2D eigenvalue weighted by atomic mass is 79.9. The van der Waals surface area contributed by atoms with Crippen molar-refractivity contribution in [2.45, 2.75) is 19.4 Å². The van der Waals surface area contributed by atoms with Crippen LogP contribution in [0.15, 0.2) is 15.9 Å². The van der Waals surface area contributed by atoms with Gasteiger partial charge in [0.2, 0.25) is 0 Å². The molecular weight excluding hydrogens is 278 g/mol. The lowest BCUT2D eigenvalue weighted by molar-refractivity contribution is 0.158. The van der Waals surface area contributed by atoms with E-state index in [0.717, 1.165) is 16.8 Å². The predicted octanol–water partition coefficient (Wildman–Crippen LogP) is 2.89. The number of nitrogens with zero attached hydrogens (tertiary/aromatic N) is 1. The van der Waals surface area contributed by atoms with Crippen molar-refractivity contribution < 1.29 is 9.53 Å². The van der Waals surface area contributed by atoms with Gasteiger partial charge >= 0.3 is 6.09 Å². The molecule has 1 atom stereocenters. The molecule has 1 fully saturated rings. The number of rotatable bonds is 3. The Morgan fingerprint density at radius 1 is 1.67 bits per heavy atom. The third-order valence-electron chi connectivity index (χ3n) is 2.44. The van der Waals surface area contributed by atoms with Crippen LogP contribution in [0.1, 0.15) is 11.8 Å². The van der Waals surface area contributed by atoms with Crippen LogP contribution in [0.25, 0.3) is 0 Å². The van der Waals surface area contributed by atoms with Crippen molar-refractivity contribution >= 4 is 33.4 Å². The molecule has 1 amide bonds. The quantitative estimate of drug-likeness (QED) is 0.856. The number of amides is 1. The Bertz CT molecular complexity index is 366. The number of ether oxygens (including phenoxy) is 1. The second kappa shape index (κ2) is 4.53. The van der Waals surface area contributed by atoms with Crippen LogP contribution in [0, 0.1) is 0 Å². The van der Waals surface area contributed by atoms with Crippen molar-refractivity contribution in [3.63, 3.8) is 0 Å². The fraction of sp³-hybridized carbons (Fsp3) is 0.500. The van der Waals surface area contributed by atoms with Gasteiger partial charge in [-0.1, -0.05) is 0 Å². The van der Waals surface area contributed by atoms with Gasteiger partial charge in [0.05, 0.1) is 9.83 Å². The molecule has 0 saturated carbocycles. The van der Waals surface area contributed by atoms with E-state index < -0.39 is 0 Å². The third-order valence-corrected chi connectivity index (χ3v) is 4.13. The van der Waals surface area contributed by atoms with Gasteiger partial charge in [0.1, 0.15) is 6.61 Å². The first-order valence-corrected chi connectivity index (χ1v) is 6.45. The van der Waals surface area contributed by atoms with Crippen LogP contribution in [0.5, 0.6) is 0 Å². The molecule has 3 nitrogen and oxygen atoms in total. The summed E-state index contributed by atoms with van der Waals surface area (Å²) >= 11 is 5.13. The van der Waals surface area contributed by atoms with E-state index in [1.54, 1.807) is 16.2 Å². The van der Waals surface area contributed by atoms with E-state index in [-0.39, 0.29) is 12.1 Å². The van der Waals surface area contributed by atoms with Crippen LogP contribution in [0.2, 0.25) is 0 Å². The van der Waals surface area contributed by atoms with E-state index in [1.807, 2.05) is 13.0 Å². The normalized spacial score (nSPS) is 20.8. The van der Waals surface area contributed by atoms with Crippen molar-refractivity contribution in [1.82, 2.24) is 4.90 Å². The summed E-state index contributed by atoms with van der Waals surface area (Å²) in [5.41, 5.74) is 0. The largest absolute Gasteiger partial charge is 0.447 e. The standard InChI is InChI=1S/C10H12BrNO2S/c1-7-6-14-10(13)12(7)5-4-8-2-3-9(11)15-8/h2-3,7H,4-6H2,1H3/t7-/m1/s1. The zero-order valence-corrected chi connectivity index (χ0v) is 10.8. The van der Waals surface area contributed by atoms with Gasteiger partial charge in [-0.05, 0) is 41.4 Å². The fourth-order valence-electron chi connectivity index (χ4n) is 1.57. The van der Waals surface area contributed by atoms with E-state index in [1.165, 1.54) is 4.88 Å². The maximum absolute atomic E-state index is 11.3. The summed E-state index contributed by atoms with van der Waals surface area (Å²) in [5, 5.41) is 0. The Morgan fingerprint density at radius 2 is 2.47 bits per heavy atom. The summed E-state index contributed by atoms with van der Waals surface area (Å²) in [6.45, 7) is 3.27. The predicted molar refractivity (Wildman–Crippen MR) is 63.2 cm³/mol. The molecule has 1 aromatic rings. The summed E-state index contributed by atoms with van der Waals surface area (Å²) < 4.78 is 6.09. The lowest BCUT2D eigenvalue weighted by Gasteiger charge is -2.16. The Balaban J connectivity index is 1.90. The minimum Gasteiger partial charge on any atom is -0.447 e. The second-order valence-electron chi connectivity index (χ2n) is 3.58. The number of carbonyl (C=O) groups excluding carboxylic acids is 1. The van der Waals surface area contributed by atoms with Crippen molar-refractivity contribution in [3.8, 4) is 0 Å². The molecule has 82 valence electrons. The first kappa shape index (κ1) is 11.0. The Labute approximate surface area is 101 Å². The van der Waals surface area contributed by atoms with Gasteiger partial charge in [0.15, 0.2) is 0 Å². The van der Waals surface area contributed by atoms with E-state index in [9.17, 15) is 4.79 Å². The molecule has 1 aliphatic rings. The maximum Gasteiger partial charge on any atom is 0.410 e. The Morgan fingerprint density at radius 3 is 3.00 bits per heavy atom. The monoisotopic (exact) mass is 289 g/mol. The second-order valence-corrected chi connectivity index (χ2v) is 6.12. The molecule has 1 saturated heterocycles. The molecule has 1 aromatic heterocycles. The summed E-state index contributed by atoms with van der Waals surface area (Å²) in [5.74, 6) is 0. The van der Waals surface area contributed by atoms with Gasteiger partial charge in [-0.3, -0.25) is 0 Å². The van der Waals surface area contributed by atoms with Gasteiger partial charge in [0, 0.05) is 11.4 Å². The lowest BCUT2D eigenvalue weighted by Crippen LogP contribution is -2.32. The van der Waals surface area contributed by atoms with E-state index in [2.05, 4.69) is 22.0 Å². The maximum atomic E-state index is 11.3. The molecule has 0 unspecified atom stereocenters. The molecule has 0 radical (unpaired) electrons. The number of halogens is 1.